The number of allylic oxidation sites excluding steroid dienone is 6. The molecule has 0 fully saturated rings. The normalized spacial score (nSPS) is 15.5. The third-order valence-corrected chi connectivity index (χ3v) is 12.2. The summed E-state index contributed by atoms with van der Waals surface area (Å²) < 4.78 is 2.50. The maximum Gasteiger partial charge on any atom is 0.0541 e. The van der Waals surface area contributed by atoms with Crippen molar-refractivity contribution < 1.29 is 0 Å². The van der Waals surface area contributed by atoms with Crippen LogP contribution in [0.3, 0.4) is 0 Å². The summed E-state index contributed by atoms with van der Waals surface area (Å²) in [5, 5.41) is 2.59. The maximum absolute atomic E-state index is 2.52. The van der Waals surface area contributed by atoms with Gasteiger partial charge in [0.05, 0.1) is 11.0 Å². The summed E-state index contributed by atoms with van der Waals surface area (Å²) >= 11 is 0. The highest BCUT2D eigenvalue weighted by atomic mass is 15.0. The minimum Gasteiger partial charge on any atom is -0.309 e. The molecular weight excluding hydrogens is 651 g/mol. The van der Waals surface area contributed by atoms with Crippen LogP contribution in [0.15, 0.2) is 127 Å². The summed E-state index contributed by atoms with van der Waals surface area (Å²) in [5.41, 5.74) is 17.2. The van der Waals surface area contributed by atoms with E-state index >= 15 is 0 Å². The van der Waals surface area contributed by atoms with E-state index in [4.69, 9.17) is 0 Å². The van der Waals surface area contributed by atoms with Gasteiger partial charge in [-0.3, -0.25) is 0 Å². The first-order valence-corrected chi connectivity index (χ1v) is 20.7. The first kappa shape index (κ1) is 37.4. The lowest BCUT2D eigenvalue weighted by atomic mass is 9.81. The number of nitrogens with zero attached hydrogens (tertiary/aromatic N) is 1. The van der Waals surface area contributed by atoms with Crippen LogP contribution >= 0.6 is 0 Å². The van der Waals surface area contributed by atoms with Crippen LogP contribution in [0.2, 0.25) is 0 Å². The molecule has 54 heavy (non-hydrogen) atoms. The van der Waals surface area contributed by atoms with Crippen molar-refractivity contribution in [3.8, 4) is 27.9 Å². The largest absolute Gasteiger partial charge is 0.309 e. The average Bonchev–Trinajstić information content (AvgIpc) is 3.65. The van der Waals surface area contributed by atoms with Crippen LogP contribution in [-0.2, 0) is 5.41 Å². The Morgan fingerprint density at radius 2 is 1.44 bits per heavy atom. The SMILES string of the molecule is CC.CCC(C)CCC/C=C\C(C)c1cc2c(cc1C)C(C)(C)c1ccc(-n3c4ccc(C5=CCCC=C5)cc4c4cc(-c5ccccc5)ccc43)cc1-2. The van der Waals surface area contributed by atoms with Crippen molar-refractivity contribution in [3.05, 3.63) is 155 Å². The predicted octanol–water partition coefficient (Wildman–Crippen LogP) is 15.7. The Labute approximate surface area is 325 Å². The van der Waals surface area contributed by atoms with Crippen LogP contribution in [0.1, 0.15) is 121 Å². The Kier molecular flexibility index (Phi) is 11.0. The molecule has 1 aromatic heterocycles. The highest BCUT2D eigenvalue weighted by molar-refractivity contribution is 6.11. The minimum atomic E-state index is -0.0525. The fourth-order valence-electron chi connectivity index (χ4n) is 8.85. The van der Waals surface area contributed by atoms with Gasteiger partial charge in [0.1, 0.15) is 0 Å². The molecule has 2 unspecified atom stereocenters. The van der Waals surface area contributed by atoms with Crippen molar-refractivity contribution in [2.24, 2.45) is 5.92 Å². The lowest BCUT2D eigenvalue weighted by molar-refractivity contribution is 0.498. The molecule has 1 heterocycles. The number of aromatic nitrogens is 1. The van der Waals surface area contributed by atoms with Crippen LogP contribution in [0.25, 0.3) is 55.3 Å². The highest BCUT2D eigenvalue weighted by Crippen LogP contribution is 2.51. The molecular formula is C53H59N. The summed E-state index contributed by atoms with van der Waals surface area (Å²) in [4.78, 5) is 0. The van der Waals surface area contributed by atoms with E-state index in [-0.39, 0.29) is 5.41 Å². The lowest BCUT2D eigenvalue weighted by Crippen LogP contribution is -2.15. The quantitative estimate of drug-likeness (QED) is 0.0986. The molecule has 2 aliphatic carbocycles. The second kappa shape index (κ2) is 15.8. The Morgan fingerprint density at radius 1 is 0.741 bits per heavy atom. The molecule has 0 bridgehead atoms. The zero-order valence-corrected chi connectivity index (χ0v) is 34.0. The molecule has 0 radical (unpaired) electrons. The highest BCUT2D eigenvalue weighted by Gasteiger charge is 2.36. The van der Waals surface area contributed by atoms with E-state index in [2.05, 4.69) is 174 Å². The molecule has 0 aliphatic heterocycles. The smallest absolute Gasteiger partial charge is 0.0541 e. The second-order valence-electron chi connectivity index (χ2n) is 16.1. The van der Waals surface area contributed by atoms with Gasteiger partial charge in [-0.1, -0.05) is 146 Å². The molecule has 1 heteroatoms. The van der Waals surface area contributed by atoms with Gasteiger partial charge in [-0.25, -0.2) is 0 Å². The van der Waals surface area contributed by atoms with Gasteiger partial charge >= 0.3 is 0 Å². The van der Waals surface area contributed by atoms with Crippen molar-refractivity contribution in [3.63, 3.8) is 0 Å². The van der Waals surface area contributed by atoms with Gasteiger partial charge in [0.25, 0.3) is 0 Å². The van der Waals surface area contributed by atoms with E-state index in [9.17, 15) is 0 Å². The van der Waals surface area contributed by atoms with E-state index in [1.54, 1.807) is 0 Å². The van der Waals surface area contributed by atoms with Gasteiger partial charge < -0.3 is 4.57 Å². The average molecular weight is 710 g/mol. The monoisotopic (exact) mass is 709 g/mol. The molecule has 6 aromatic rings. The molecule has 0 N–H and O–H groups in total. The third kappa shape index (κ3) is 6.95. The first-order valence-electron chi connectivity index (χ1n) is 20.7. The fraction of sp³-hybridized carbons (Fsp3) is 0.321. The van der Waals surface area contributed by atoms with E-state index in [1.807, 2.05) is 13.8 Å². The lowest BCUT2D eigenvalue weighted by Gasteiger charge is -2.23. The van der Waals surface area contributed by atoms with Gasteiger partial charge in [0.15, 0.2) is 0 Å². The minimum absolute atomic E-state index is 0.0525. The molecule has 2 aliphatic rings. The molecule has 5 aromatic carbocycles. The van der Waals surface area contributed by atoms with Crippen LogP contribution in [0.4, 0.5) is 0 Å². The summed E-state index contributed by atoms with van der Waals surface area (Å²) in [7, 11) is 0. The Bertz CT molecular complexity index is 2370. The molecule has 1 nitrogen and oxygen atoms in total. The van der Waals surface area contributed by atoms with Gasteiger partial charge in [0, 0.05) is 21.9 Å². The van der Waals surface area contributed by atoms with E-state index in [0.29, 0.717) is 5.92 Å². The fourth-order valence-corrected chi connectivity index (χ4v) is 8.85. The number of fused-ring (bicyclic) bond motifs is 6. The second-order valence-corrected chi connectivity index (χ2v) is 16.1. The topological polar surface area (TPSA) is 4.93 Å². The van der Waals surface area contributed by atoms with Crippen molar-refractivity contribution >= 4 is 27.4 Å². The third-order valence-electron chi connectivity index (χ3n) is 12.2. The van der Waals surface area contributed by atoms with Crippen molar-refractivity contribution in [1.82, 2.24) is 4.57 Å². The van der Waals surface area contributed by atoms with Crippen molar-refractivity contribution in [2.75, 3.05) is 0 Å². The first-order chi connectivity index (χ1) is 26.2. The predicted molar refractivity (Wildman–Crippen MR) is 237 cm³/mol. The summed E-state index contributed by atoms with van der Waals surface area (Å²) in [6.07, 6.45) is 19.1. The van der Waals surface area contributed by atoms with Gasteiger partial charge in [-0.15, -0.1) is 0 Å². The Balaban J connectivity index is 0.00000221. The molecule has 0 amide bonds. The Morgan fingerprint density at radius 3 is 2.15 bits per heavy atom. The standard InChI is InChI=1S/C51H53N.C2H6/c1-7-34(2)17-11-8-12-18-35(3)42-33-44-43-32-41(25-26-47(43)51(5,6)48(44)29-36(42)4)52-49-27-23-39(37-19-13-9-14-20-37)30-45(49)46-31-40(24-28-50(46)52)38-21-15-10-16-22-38;1-2/h9,12-15,18-35H,7-8,10-11,16-17H2,1-6H3;1-2H3/b18-12-;. The van der Waals surface area contributed by atoms with E-state index < -0.39 is 0 Å². The molecule has 2 atom stereocenters. The molecule has 276 valence electrons. The van der Waals surface area contributed by atoms with Crippen molar-refractivity contribution in [2.45, 2.75) is 105 Å². The van der Waals surface area contributed by atoms with Crippen LogP contribution in [0, 0.1) is 12.8 Å². The molecule has 0 saturated carbocycles. The number of unbranched alkanes of at least 4 members (excludes halogenated alkanes) is 1. The van der Waals surface area contributed by atoms with Crippen LogP contribution in [-0.4, -0.2) is 4.57 Å². The van der Waals surface area contributed by atoms with Gasteiger partial charge in [0.2, 0.25) is 0 Å². The van der Waals surface area contributed by atoms with Crippen LogP contribution < -0.4 is 0 Å². The zero-order valence-electron chi connectivity index (χ0n) is 34.0. The van der Waals surface area contributed by atoms with E-state index in [0.717, 1.165) is 18.8 Å². The number of hydrogen-bond donors (Lipinski definition) is 0. The van der Waals surface area contributed by atoms with E-state index in [1.165, 1.54) is 109 Å². The van der Waals surface area contributed by atoms with Crippen molar-refractivity contribution in [1.29, 1.82) is 0 Å². The summed E-state index contributed by atoms with van der Waals surface area (Å²) in [6, 6.07) is 37.1. The number of hydrogen-bond acceptors (Lipinski definition) is 0. The Hall–Kier alpha value is -4.88. The maximum atomic E-state index is 2.52. The van der Waals surface area contributed by atoms with Gasteiger partial charge in [-0.05, 0) is 143 Å². The molecule has 0 saturated heterocycles. The summed E-state index contributed by atoms with van der Waals surface area (Å²) in [5.74, 6) is 1.20. The number of rotatable bonds is 10. The summed E-state index contributed by atoms with van der Waals surface area (Å²) in [6.45, 7) is 18.2. The number of benzene rings is 5. The number of aryl methyl sites for hydroxylation is 1. The zero-order chi connectivity index (χ0) is 38.0. The molecule has 0 spiro atoms. The van der Waals surface area contributed by atoms with Gasteiger partial charge in [-0.2, -0.15) is 0 Å². The van der Waals surface area contributed by atoms with Crippen LogP contribution in [0.5, 0.6) is 0 Å². The molecule has 8 rings (SSSR count).